The monoisotopic (exact) mass is 424 g/mol. The Morgan fingerprint density at radius 1 is 0.903 bits per heavy atom. The molecule has 2 aromatic heterocycles. The highest BCUT2D eigenvalue weighted by atomic mass is 16.3. The molecule has 2 saturated heterocycles. The first-order valence-electron chi connectivity index (χ1n) is 12.0. The zero-order valence-electron chi connectivity index (χ0n) is 19.0. The molecule has 4 heterocycles. The fourth-order valence-corrected chi connectivity index (χ4v) is 4.73. The van der Waals surface area contributed by atoms with Crippen LogP contribution in [-0.2, 0) is 6.54 Å². The largest absolute Gasteiger partial charge is 0.395 e. The van der Waals surface area contributed by atoms with Crippen LogP contribution < -0.4 is 15.1 Å². The molecule has 0 aliphatic carbocycles. The van der Waals surface area contributed by atoms with E-state index in [9.17, 15) is 0 Å². The molecule has 0 spiro atoms. The van der Waals surface area contributed by atoms with Gasteiger partial charge in [-0.1, -0.05) is 32.0 Å². The molecule has 168 valence electrons. The maximum Gasteiger partial charge on any atom is 0.229 e. The number of nitrogens with one attached hydrogen (secondary N) is 1. The number of benzene rings is 1. The van der Waals surface area contributed by atoms with Gasteiger partial charge in [-0.2, -0.15) is 9.97 Å². The van der Waals surface area contributed by atoms with Crippen molar-refractivity contribution < 1.29 is 5.11 Å². The molecule has 0 saturated carbocycles. The average molecular weight is 425 g/mol. The number of aromatic nitrogens is 3. The zero-order chi connectivity index (χ0) is 21.6. The van der Waals surface area contributed by atoms with Crippen LogP contribution in [0.5, 0.6) is 0 Å². The van der Waals surface area contributed by atoms with E-state index < -0.39 is 0 Å². The summed E-state index contributed by atoms with van der Waals surface area (Å²) in [6, 6.07) is 8.60. The van der Waals surface area contributed by atoms with E-state index in [1.54, 1.807) is 0 Å². The highest BCUT2D eigenvalue weighted by Crippen LogP contribution is 2.37. The van der Waals surface area contributed by atoms with Gasteiger partial charge in [0.1, 0.15) is 11.5 Å². The third-order valence-corrected chi connectivity index (χ3v) is 6.17. The van der Waals surface area contributed by atoms with Crippen molar-refractivity contribution in [2.45, 2.75) is 46.1 Å². The number of para-hydroxylation sites is 1. The molecule has 1 aromatic carbocycles. The number of aliphatic hydroxyl groups is 1. The second kappa shape index (κ2) is 10.3. The lowest BCUT2D eigenvalue weighted by molar-refractivity contribution is 0.292. The van der Waals surface area contributed by atoms with Gasteiger partial charge in [-0.25, -0.2) is 0 Å². The number of aliphatic hydroxyl groups excluding tert-OH is 1. The number of rotatable bonds is 7. The van der Waals surface area contributed by atoms with Crippen LogP contribution in [-0.4, -0.2) is 65.5 Å². The molecule has 2 aliphatic heterocycles. The fourth-order valence-electron chi connectivity index (χ4n) is 4.73. The fraction of sp³-hybridized carbons (Fsp3) is 0.583. The molecule has 0 bridgehead atoms. The van der Waals surface area contributed by atoms with Crippen LogP contribution in [0, 0.1) is 0 Å². The SMILES string of the molecule is CC.OCCNCCn1c2ccccc2c2c(N3CCCC3)nc(N3CCCC3)nc21. The van der Waals surface area contributed by atoms with Crippen LogP contribution in [0.4, 0.5) is 11.8 Å². The van der Waals surface area contributed by atoms with Gasteiger partial charge in [-0.05, 0) is 31.7 Å². The van der Waals surface area contributed by atoms with Crippen molar-refractivity contribution in [2.24, 2.45) is 0 Å². The summed E-state index contributed by atoms with van der Waals surface area (Å²) < 4.78 is 2.33. The molecule has 5 rings (SSSR count). The minimum Gasteiger partial charge on any atom is -0.395 e. The number of nitrogens with zero attached hydrogens (tertiary/aromatic N) is 5. The first-order valence-corrected chi connectivity index (χ1v) is 12.0. The highest BCUT2D eigenvalue weighted by molar-refractivity contribution is 6.12. The van der Waals surface area contributed by atoms with E-state index in [-0.39, 0.29) is 6.61 Å². The molecule has 0 unspecified atom stereocenters. The van der Waals surface area contributed by atoms with E-state index in [2.05, 4.69) is 43.9 Å². The van der Waals surface area contributed by atoms with E-state index in [0.29, 0.717) is 6.54 Å². The molecule has 2 N–H and O–H groups in total. The van der Waals surface area contributed by atoms with Gasteiger partial charge in [0.15, 0.2) is 0 Å². The predicted octanol–water partition coefficient (Wildman–Crippen LogP) is 3.39. The normalized spacial score (nSPS) is 16.4. The van der Waals surface area contributed by atoms with Crippen molar-refractivity contribution in [1.82, 2.24) is 19.9 Å². The Morgan fingerprint density at radius 3 is 2.29 bits per heavy atom. The standard InChI is InChI=1S/C22H30N6O.C2H6/c29-16-10-23-9-15-28-18-8-2-1-7-17(18)19-20(26-11-3-4-12-26)24-22(25-21(19)28)27-13-5-6-14-27;1-2/h1-2,7-8,23,29H,3-6,9-16H2;1-2H3. The Balaban J connectivity index is 0.00000112. The summed E-state index contributed by atoms with van der Waals surface area (Å²) >= 11 is 0. The van der Waals surface area contributed by atoms with Gasteiger partial charge in [0.2, 0.25) is 5.95 Å². The molecule has 2 aliphatic rings. The predicted molar refractivity (Wildman–Crippen MR) is 129 cm³/mol. The Morgan fingerprint density at radius 2 is 1.58 bits per heavy atom. The first-order chi connectivity index (χ1) is 15.4. The molecular formula is C24H36N6O. The van der Waals surface area contributed by atoms with Gasteiger partial charge in [0, 0.05) is 51.2 Å². The van der Waals surface area contributed by atoms with E-state index >= 15 is 0 Å². The summed E-state index contributed by atoms with van der Waals surface area (Å²) in [4.78, 5) is 15.0. The molecule has 7 heteroatoms. The van der Waals surface area contributed by atoms with Gasteiger partial charge >= 0.3 is 0 Å². The second-order valence-corrected chi connectivity index (χ2v) is 8.08. The second-order valence-electron chi connectivity index (χ2n) is 8.08. The quantitative estimate of drug-likeness (QED) is 0.567. The van der Waals surface area contributed by atoms with Crippen LogP contribution in [0.1, 0.15) is 39.5 Å². The van der Waals surface area contributed by atoms with E-state index in [1.807, 2.05) is 13.8 Å². The topological polar surface area (TPSA) is 69.5 Å². The minimum absolute atomic E-state index is 0.160. The average Bonchev–Trinajstić information content (AvgIpc) is 3.59. The number of anilines is 2. The van der Waals surface area contributed by atoms with Crippen LogP contribution in [0.3, 0.4) is 0 Å². The van der Waals surface area contributed by atoms with Crippen LogP contribution >= 0.6 is 0 Å². The third kappa shape index (κ3) is 4.34. The van der Waals surface area contributed by atoms with Crippen molar-refractivity contribution >= 4 is 33.7 Å². The Bertz CT molecular complexity index is 989. The van der Waals surface area contributed by atoms with Crippen molar-refractivity contribution in [3.8, 4) is 0 Å². The van der Waals surface area contributed by atoms with Crippen LogP contribution in [0.2, 0.25) is 0 Å². The summed E-state index contributed by atoms with van der Waals surface area (Å²) in [5.41, 5.74) is 2.25. The lowest BCUT2D eigenvalue weighted by atomic mass is 10.2. The summed E-state index contributed by atoms with van der Waals surface area (Å²) in [6.45, 7) is 10.6. The maximum absolute atomic E-state index is 9.08. The van der Waals surface area contributed by atoms with Crippen molar-refractivity contribution in [2.75, 3.05) is 55.7 Å². The lowest BCUT2D eigenvalue weighted by Gasteiger charge is -2.22. The highest BCUT2D eigenvalue weighted by Gasteiger charge is 2.25. The lowest BCUT2D eigenvalue weighted by Crippen LogP contribution is -2.25. The molecule has 2 fully saturated rings. The Kier molecular flexibility index (Phi) is 7.25. The van der Waals surface area contributed by atoms with E-state index in [0.717, 1.165) is 56.7 Å². The van der Waals surface area contributed by atoms with Crippen molar-refractivity contribution in [1.29, 1.82) is 0 Å². The molecule has 7 nitrogen and oxygen atoms in total. The van der Waals surface area contributed by atoms with Crippen LogP contribution in [0.15, 0.2) is 24.3 Å². The maximum atomic E-state index is 9.08. The van der Waals surface area contributed by atoms with E-state index in [4.69, 9.17) is 15.1 Å². The van der Waals surface area contributed by atoms with Crippen molar-refractivity contribution in [3.63, 3.8) is 0 Å². The van der Waals surface area contributed by atoms with E-state index in [1.165, 1.54) is 42.0 Å². The summed E-state index contributed by atoms with van der Waals surface area (Å²) in [7, 11) is 0. The van der Waals surface area contributed by atoms with Crippen molar-refractivity contribution in [3.05, 3.63) is 24.3 Å². The molecular weight excluding hydrogens is 388 g/mol. The van der Waals surface area contributed by atoms with Gasteiger partial charge in [-0.15, -0.1) is 0 Å². The summed E-state index contributed by atoms with van der Waals surface area (Å²) in [5, 5.41) is 14.8. The zero-order valence-corrected chi connectivity index (χ0v) is 19.0. The molecule has 3 aromatic rings. The third-order valence-electron chi connectivity index (χ3n) is 6.17. The first kappa shape index (κ1) is 21.8. The summed E-state index contributed by atoms with van der Waals surface area (Å²) in [5.74, 6) is 1.98. The molecule has 0 atom stereocenters. The Labute approximate surface area is 185 Å². The number of hydrogen-bond acceptors (Lipinski definition) is 6. The van der Waals surface area contributed by atoms with Gasteiger partial charge in [0.25, 0.3) is 0 Å². The van der Waals surface area contributed by atoms with Gasteiger partial charge in [-0.3, -0.25) is 0 Å². The van der Waals surface area contributed by atoms with Crippen LogP contribution in [0.25, 0.3) is 21.9 Å². The minimum atomic E-state index is 0.160. The van der Waals surface area contributed by atoms with Gasteiger partial charge in [0.05, 0.1) is 17.5 Å². The van der Waals surface area contributed by atoms with Gasteiger partial charge < -0.3 is 24.8 Å². The molecule has 31 heavy (non-hydrogen) atoms. The smallest absolute Gasteiger partial charge is 0.229 e. The molecule has 0 amide bonds. The summed E-state index contributed by atoms with van der Waals surface area (Å²) in [6.07, 6.45) is 4.89. The number of fused-ring (bicyclic) bond motifs is 3. The number of hydrogen-bond donors (Lipinski definition) is 2. The molecule has 0 radical (unpaired) electrons. The Hall–Kier alpha value is -2.38.